The summed E-state index contributed by atoms with van der Waals surface area (Å²) >= 11 is 0. The van der Waals surface area contributed by atoms with Gasteiger partial charge in [0.25, 0.3) is 0 Å². The monoisotopic (exact) mass is 262 g/mol. The van der Waals surface area contributed by atoms with Gasteiger partial charge in [0.15, 0.2) is 0 Å². The molecule has 0 saturated heterocycles. The van der Waals surface area contributed by atoms with Gasteiger partial charge in [-0.3, -0.25) is 0 Å². The number of hydrogen-bond acceptors (Lipinski definition) is 4. The lowest BCUT2D eigenvalue weighted by atomic mass is 10.1. The summed E-state index contributed by atoms with van der Waals surface area (Å²) in [5.41, 5.74) is -0.304. The molecule has 0 aliphatic heterocycles. The lowest BCUT2D eigenvalue weighted by molar-refractivity contribution is -0.0506. The van der Waals surface area contributed by atoms with Gasteiger partial charge < -0.3 is 4.74 Å². The number of rotatable bonds is 3. The molecule has 0 spiro atoms. The second-order valence-corrected chi connectivity index (χ2v) is 4.63. The van der Waals surface area contributed by atoms with Gasteiger partial charge in [-0.25, -0.2) is 13.6 Å². The van der Waals surface area contributed by atoms with Crippen LogP contribution in [0.5, 0.6) is 5.75 Å². The first-order chi connectivity index (χ1) is 7.77. The fourth-order valence-electron chi connectivity index (χ4n) is 1.31. The van der Waals surface area contributed by atoms with E-state index in [1.165, 1.54) is 6.92 Å². The Morgan fingerprint density at radius 2 is 2.06 bits per heavy atom. The normalized spacial score (nSPS) is 11.3. The number of hydrogen-bond donors (Lipinski definition) is 1. The van der Waals surface area contributed by atoms with Crippen molar-refractivity contribution >= 4 is 10.0 Å². The van der Waals surface area contributed by atoms with Crippen molar-refractivity contribution in [3.8, 4) is 11.8 Å². The Balaban J connectivity index is 3.50. The summed E-state index contributed by atoms with van der Waals surface area (Å²) in [6.45, 7) is -1.92. The Hall–Kier alpha value is -1.72. The summed E-state index contributed by atoms with van der Waals surface area (Å²) < 4.78 is 50.7. The highest BCUT2D eigenvalue weighted by Gasteiger charge is 2.20. The molecular weight excluding hydrogens is 254 g/mol. The Labute approximate surface area is 96.5 Å². The number of primary sulfonamides is 1. The summed E-state index contributed by atoms with van der Waals surface area (Å²) in [7, 11) is -4.05. The third-order valence-corrected chi connectivity index (χ3v) is 3.05. The molecule has 2 N–H and O–H groups in total. The van der Waals surface area contributed by atoms with Gasteiger partial charge in [-0.15, -0.1) is 0 Å². The highest BCUT2D eigenvalue weighted by molar-refractivity contribution is 7.89. The summed E-state index contributed by atoms with van der Waals surface area (Å²) in [5, 5.41) is 13.6. The molecule has 0 aliphatic carbocycles. The van der Waals surface area contributed by atoms with Crippen LogP contribution in [0.4, 0.5) is 8.78 Å². The fourth-order valence-corrected chi connectivity index (χ4v) is 2.09. The fraction of sp³-hybridized carbons (Fsp3) is 0.222. The zero-order valence-electron chi connectivity index (χ0n) is 8.65. The smallest absolute Gasteiger partial charge is 0.387 e. The van der Waals surface area contributed by atoms with Crippen molar-refractivity contribution in [1.29, 1.82) is 5.26 Å². The molecule has 0 unspecified atom stereocenters. The van der Waals surface area contributed by atoms with E-state index >= 15 is 0 Å². The van der Waals surface area contributed by atoms with Crippen LogP contribution in [0, 0.1) is 18.3 Å². The first-order valence-electron chi connectivity index (χ1n) is 4.28. The third kappa shape index (κ3) is 2.89. The van der Waals surface area contributed by atoms with E-state index in [0.717, 1.165) is 12.1 Å². The van der Waals surface area contributed by atoms with Crippen LogP contribution in [0.15, 0.2) is 17.0 Å². The minimum Gasteiger partial charge on any atom is -0.433 e. The van der Waals surface area contributed by atoms with Gasteiger partial charge >= 0.3 is 6.61 Å². The average molecular weight is 262 g/mol. The lowest BCUT2D eigenvalue weighted by Gasteiger charge is -2.12. The van der Waals surface area contributed by atoms with E-state index in [0.29, 0.717) is 0 Å². The number of sulfonamides is 1. The largest absolute Gasteiger partial charge is 0.433 e. The minimum absolute atomic E-state index is 0.119. The molecule has 0 bridgehead atoms. The molecule has 17 heavy (non-hydrogen) atoms. The topological polar surface area (TPSA) is 93.2 Å². The zero-order chi connectivity index (χ0) is 13.2. The lowest BCUT2D eigenvalue weighted by Crippen LogP contribution is -2.15. The molecule has 8 heteroatoms. The van der Waals surface area contributed by atoms with E-state index in [9.17, 15) is 17.2 Å². The number of benzene rings is 1. The molecule has 0 fully saturated rings. The van der Waals surface area contributed by atoms with Gasteiger partial charge in [0.1, 0.15) is 11.8 Å². The molecule has 92 valence electrons. The SMILES string of the molecule is Cc1c(S(N)(=O)=O)ccc(C#N)c1OC(F)F. The number of nitrogens with zero attached hydrogens (tertiary/aromatic N) is 1. The molecule has 0 radical (unpaired) electrons. The van der Waals surface area contributed by atoms with Crippen molar-refractivity contribution in [2.45, 2.75) is 18.4 Å². The summed E-state index contributed by atoms with van der Waals surface area (Å²) in [6.07, 6.45) is 0. The second kappa shape index (κ2) is 4.65. The van der Waals surface area contributed by atoms with E-state index in [4.69, 9.17) is 10.4 Å². The van der Waals surface area contributed by atoms with Crippen molar-refractivity contribution in [1.82, 2.24) is 0 Å². The summed E-state index contributed by atoms with van der Waals surface area (Å²) in [6, 6.07) is 3.76. The predicted octanol–water partition coefficient (Wildman–Crippen LogP) is 1.12. The highest BCUT2D eigenvalue weighted by Crippen LogP contribution is 2.29. The third-order valence-electron chi connectivity index (χ3n) is 1.99. The molecule has 5 nitrogen and oxygen atoms in total. The Kier molecular flexibility index (Phi) is 3.65. The van der Waals surface area contributed by atoms with Gasteiger partial charge in [-0.2, -0.15) is 14.0 Å². The molecule has 0 aromatic heterocycles. The van der Waals surface area contributed by atoms with Crippen LogP contribution in [0.25, 0.3) is 0 Å². The quantitative estimate of drug-likeness (QED) is 0.883. The second-order valence-electron chi connectivity index (χ2n) is 3.10. The van der Waals surface area contributed by atoms with Crippen LogP contribution in [0.1, 0.15) is 11.1 Å². The standard InChI is InChI=1S/C9H8F2N2O3S/c1-5-7(17(13,14)15)3-2-6(4-12)8(5)16-9(10)11/h2-3,9H,1H3,(H2,13,14,15). The number of alkyl halides is 2. The maximum atomic E-state index is 12.1. The molecule has 1 rings (SSSR count). The van der Waals surface area contributed by atoms with Gasteiger partial charge in [-0.05, 0) is 19.1 Å². The van der Waals surface area contributed by atoms with Crippen LogP contribution in [0.3, 0.4) is 0 Å². The van der Waals surface area contributed by atoms with Crippen LogP contribution in [0.2, 0.25) is 0 Å². The van der Waals surface area contributed by atoms with E-state index < -0.39 is 22.4 Å². The summed E-state index contributed by atoms with van der Waals surface area (Å²) in [4.78, 5) is -0.354. The van der Waals surface area contributed by atoms with Crippen molar-refractivity contribution in [3.63, 3.8) is 0 Å². The molecular formula is C9H8F2N2O3S. The van der Waals surface area contributed by atoms with Crippen LogP contribution >= 0.6 is 0 Å². The van der Waals surface area contributed by atoms with Crippen LogP contribution in [-0.4, -0.2) is 15.0 Å². The number of nitrogens with two attached hydrogens (primary N) is 1. The predicted molar refractivity (Wildman–Crippen MR) is 53.9 cm³/mol. The van der Waals surface area contributed by atoms with Gasteiger partial charge in [0.05, 0.1) is 10.5 Å². The average Bonchev–Trinajstić information content (AvgIpc) is 2.18. The first-order valence-corrected chi connectivity index (χ1v) is 5.83. The molecule has 0 atom stereocenters. The van der Waals surface area contributed by atoms with Gasteiger partial charge in [0, 0.05) is 5.56 Å². The first kappa shape index (κ1) is 13.3. The van der Waals surface area contributed by atoms with Crippen LogP contribution < -0.4 is 9.88 Å². The van der Waals surface area contributed by atoms with E-state index in [1.807, 2.05) is 0 Å². The van der Waals surface area contributed by atoms with E-state index in [-0.39, 0.29) is 16.0 Å². The molecule has 1 aromatic rings. The number of ether oxygens (including phenoxy) is 1. The Bertz CT molecular complexity index is 579. The summed E-state index contributed by atoms with van der Waals surface area (Å²) in [5.74, 6) is -0.478. The Morgan fingerprint density at radius 3 is 2.47 bits per heavy atom. The number of nitriles is 1. The molecule has 1 aromatic carbocycles. The van der Waals surface area contributed by atoms with Crippen molar-refractivity contribution in [2.75, 3.05) is 0 Å². The Morgan fingerprint density at radius 1 is 1.47 bits per heavy atom. The van der Waals surface area contributed by atoms with Crippen molar-refractivity contribution in [3.05, 3.63) is 23.3 Å². The van der Waals surface area contributed by atoms with Gasteiger partial charge in [-0.1, -0.05) is 0 Å². The van der Waals surface area contributed by atoms with E-state index in [2.05, 4.69) is 4.74 Å². The molecule has 0 aliphatic rings. The zero-order valence-corrected chi connectivity index (χ0v) is 9.46. The molecule has 0 saturated carbocycles. The van der Waals surface area contributed by atoms with Crippen molar-refractivity contribution < 1.29 is 21.9 Å². The maximum Gasteiger partial charge on any atom is 0.387 e. The van der Waals surface area contributed by atoms with Gasteiger partial charge in [0.2, 0.25) is 10.0 Å². The van der Waals surface area contributed by atoms with Crippen LogP contribution in [-0.2, 0) is 10.0 Å². The maximum absolute atomic E-state index is 12.1. The minimum atomic E-state index is -4.05. The van der Waals surface area contributed by atoms with Crippen molar-refractivity contribution in [2.24, 2.45) is 5.14 Å². The highest BCUT2D eigenvalue weighted by atomic mass is 32.2. The number of halogens is 2. The van der Waals surface area contributed by atoms with E-state index in [1.54, 1.807) is 6.07 Å². The molecule has 0 amide bonds. The molecule has 0 heterocycles.